The van der Waals surface area contributed by atoms with E-state index in [0.29, 0.717) is 62.2 Å². The van der Waals surface area contributed by atoms with Crippen molar-refractivity contribution in [3.63, 3.8) is 0 Å². The smallest absolute Gasteiger partial charge is 0.319 e. The lowest BCUT2D eigenvalue weighted by Gasteiger charge is -2.33. The van der Waals surface area contributed by atoms with Crippen molar-refractivity contribution in [3.8, 4) is 0 Å². The Morgan fingerprint density at radius 2 is 1.97 bits per heavy atom. The maximum absolute atomic E-state index is 12.4. The van der Waals surface area contributed by atoms with Gasteiger partial charge < -0.3 is 20.4 Å². The maximum atomic E-state index is 12.4. The molecule has 11 heteroatoms. The van der Waals surface area contributed by atoms with Gasteiger partial charge in [0.25, 0.3) is 5.69 Å². The van der Waals surface area contributed by atoms with Crippen LogP contribution in [0, 0.1) is 16.0 Å². The molecule has 31 heavy (non-hydrogen) atoms. The van der Waals surface area contributed by atoms with Gasteiger partial charge in [-0.15, -0.1) is 0 Å². The number of likely N-dealkylation sites (tertiary alicyclic amines) is 1. The van der Waals surface area contributed by atoms with Crippen LogP contribution < -0.4 is 10.6 Å². The number of carbonyl (C=O) groups excluding carboxylic acids is 2. The van der Waals surface area contributed by atoms with Gasteiger partial charge in [-0.3, -0.25) is 14.9 Å². The molecule has 3 amide bonds. The zero-order valence-electron chi connectivity index (χ0n) is 17.7. The van der Waals surface area contributed by atoms with Gasteiger partial charge in [0.1, 0.15) is 12.1 Å². The van der Waals surface area contributed by atoms with Crippen LogP contribution in [0.5, 0.6) is 0 Å². The summed E-state index contributed by atoms with van der Waals surface area (Å²) in [6.45, 7) is 2.23. The lowest BCUT2D eigenvalue weighted by atomic mass is 9.96. The maximum Gasteiger partial charge on any atom is 0.319 e. The Bertz CT molecular complexity index is 958. The monoisotopic (exact) mass is 429 g/mol. The molecule has 0 aliphatic carbocycles. The number of hydrogen-bond acceptors (Lipinski definition) is 7. The molecule has 0 atom stereocenters. The highest BCUT2D eigenvalue weighted by molar-refractivity contribution is 5.90. The molecule has 2 N–H and O–H groups in total. The summed E-state index contributed by atoms with van der Waals surface area (Å²) in [4.78, 5) is 46.5. The van der Waals surface area contributed by atoms with Gasteiger partial charge in [-0.1, -0.05) is 0 Å². The third-order valence-corrected chi connectivity index (χ3v) is 5.29. The average molecular weight is 429 g/mol. The average Bonchev–Trinajstić information content (AvgIpc) is 2.77. The minimum absolute atomic E-state index is 0.0139. The second-order valence-corrected chi connectivity index (χ2v) is 7.69. The van der Waals surface area contributed by atoms with Crippen molar-refractivity contribution >= 4 is 34.3 Å². The van der Waals surface area contributed by atoms with E-state index in [2.05, 4.69) is 20.6 Å². The number of carbonyl (C=O) groups is 2. The third-order valence-electron chi connectivity index (χ3n) is 5.29. The fourth-order valence-electron chi connectivity index (χ4n) is 3.57. The molecule has 0 spiro atoms. The summed E-state index contributed by atoms with van der Waals surface area (Å²) in [6, 6.07) is 4.44. The molecule has 1 aliphatic heterocycles. The zero-order chi connectivity index (χ0) is 22.4. The zero-order valence-corrected chi connectivity index (χ0v) is 17.7. The summed E-state index contributed by atoms with van der Waals surface area (Å²) in [7, 11) is 3.45. The Labute approximate surface area is 180 Å². The first-order valence-corrected chi connectivity index (χ1v) is 10.2. The molecule has 1 saturated heterocycles. The number of benzene rings is 1. The molecule has 11 nitrogen and oxygen atoms in total. The molecule has 0 unspecified atom stereocenters. The van der Waals surface area contributed by atoms with Crippen molar-refractivity contribution in [2.75, 3.05) is 45.6 Å². The van der Waals surface area contributed by atoms with E-state index in [4.69, 9.17) is 0 Å². The van der Waals surface area contributed by atoms with E-state index in [1.54, 1.807) is 30.0 Å². The van der Waals surface area contributed by atoms with Gasteiger partial charge in [-0.25, -0.2) is 14.8 Å². The van der Waals surface area contributed by atoms with Gasteiger partial charge in [-0.2, -0.15) is 0 Å². The Morgan fingerprint density at radius 3 is 2.65 bits per heavy atom. The summed E-state index contributed by atoms with van der Waals surface area (Å²) in [5.74, 6) is 0.462. The SMILES string of the molecule is CN(C)C(=O)N1CCC(C(=O)NCCCNc2ncnc3ccc([N+](=O)[O-])cc23)CC1. The van der Waals surface area contributed by atoms with Gasteiger partial charge in [0.15, 0.2) is 0 Å². The topological polar surface area (TPSA) is 134 Å². The molecule has 1 aliphatic rings. The van der Waals surface area contributed by atoms with Gasteiger partial charge in [-0.05, 0) is 25.3 Å². The highest BCUT2D eigenvalue weighted by Gasteiger charge is 2.27. The molecule has 166 valence electrons. The van der Waals surface area contributed by atoms with E-state index in [-0.39, 0.29) is 23.5 Å². The van der Waals surface area contributed by atoms with E-state index in [9.17, 15) is 19.7 Å². The number of aromatic nitrogens is 2. The van der Waals surface area contributed by atoms with Gasteiger partial charge >= 0.3 is 6.03 Å². The van der Waals surface area contributed by atoms with E-state index in [0.717, 1.165) is 0 Å². The van der Waals surface area contributed by atoms with Crippen molar-refractivity contribution in [1.29, 1.82) is 0 Å². The van der Waals surface area contributed by atoms with Crippen LogP contribution in [0.2, 0.25) is 0 Å². The Morgan fingerprint density at radius 1 is 1.23 bits per heavy atom. The van der Waals surface area contributed by atoms with Crippen LogP contribution in [-0.2, 0) is 4.79 Å². The molecular formula is C20H27N7O4. The van der Waals surface area contributed by atoms with Gasteiger partial charge in [0.2, 0.25) is 5.91 Å². The van der Waals surface area contributed by atoms with Crippen LogP contribution in [0.3, 0.4) is 0 Å². The molecule has 0 bridgehead atoms. The quantitative estimate of drug-likeness (QED) is 0.390. The molecule has 1 fully saturated rings. The number of hydrogen-bond donors (Lipinski definition) is 2. The molecule has 0 saturated carbocycles. The lowest BCUT2D eigenvalue weighted by Crippen LogP contribution is -2.46. The van der Waals surface area contributed by atoms with Crippen molar-refractivity contribution in [3.05, 3.63) is 34.6 Å². The van der Waals surface area contributed by atoms with Crippen LogP contribution in [-0.4, -0.2) is 76.9 Å². The Kier molecular flexibility index (Phi) is 7.16. The first-order valence-electron chi connectivity index (χ1n) is 10.2. The predicted octanol–water partition coefficient (Wildman–Crippen LogP) is 1.85. The molecule has 1 aromatic heterocycles. The Hall–Kier alpha value is -3.50. The highest BCUT2D eigenvalue weighted by atomic mass is 16.6. The minimum Gasteiger partial charge on any atom is -0.369 e. The first kappa shape index (κ1) is 22.2. The number of amides is 3. The van der Waals surface area contributed by atoms with E-state index >= 15 is 0 Å². The molecule has 0 radical (unpaired) electrons. The van der Waals surface area contributed by atoms with E-state index < -0.39 is 4.92 Å². The number of anilines is 1. The number of rotatable bonds is 7. The number of nitrogens with one attached hydrogen (secondary N) is 2. The number of urea groups is 1. The molecule has 3 rings (SSSR count). The number of non-ortho nitro benzene ring substituents is 1. The van der Waals surface area contributed by atoms with Crippen molar-refractivity contribution < 1.29 is 14.5 Å². The normalized spacial score (nSPS) is 14.3. The summed E-state index contributed by atoms with van der Waals surface area (Å²) in [6.07, 6.45) is 3.40. The van der Waals surface area contributed by atoms with E-state index in [1.807, 2.05) is 0 Å². The van der Waals surface area contributed by atoms with Crippen LogP contribution in [0.1, 0.15) is 19.3 Å². The van der Waals surface area contributed by atoms with Crippen molar-refractivity contribution in [2.24, 2.45) is 5.92 Å². The number of nitrogens with zero attached hydrogens (tertiary/aromatic N) is 5. The number of nitro groups is 1. The third kappa shape index (κ3) is 5.56. The predicted molar refractivity (Wildman–Crippen MR) is 116 cm³/mol. The van der Waals surface area contributed by atoms with Crippen LogP contribution in [0.4, 0.5) is 16.3 Å². The molecule has 2 aromatic rings. The fraction of sp³-hybridized carbons (Fsp3) is 0.500. The number of fused-ring (bicyclic) bond motifs is 1. The molecule has 1 aromatic carbocycles. The highest BCUT2D eigenvalue weighted by Crippen LogP contribution is 2.24. The largest absolute Gasteiger partial charge is 0.369 e. The summed E-state index contributed by atoms with van der Waals surface area (Å²) < 4.78 is 0. The summed E-state index contributed by atoms with van der Waals surface area (Å²) >= 11 is 0. The van der Waals surface area contributed by atoms with Crippen LogP contribution in [0.15, 0.2) is 24.5 Å². The van der Waals surface area contributed by atoms with Crippen molar-refractivity contribution in [2.45, 2.75) is 19.3 Å². The van der Waals surface area contributed by atoms with Crippen LogP contribution >= 0.6 is 0 Å². The second kappa shape index (κ2) is 10.0. The standard InChI is InChI=1S/C20H27N7O4/c1-25(2)20(29)26-10-6-14(7-11-26)19(28)22-9-3-8-21-18-16-12-15(27(30)31)4-5-17(16)23-13-24-18/h4-5,12-14H,3,6-11H2,1-2H3,(H,22,28)(H,21,23,24). The summed E-state index contributed by atoms with van der Waals surface area (Å²) in [5.41, 5.74) is 0.603. The lowest BCUT2D eigenvalue weighted by molar-refractivity contribution is -0.384. The van der Waals surface area contributed by atoms with Gasteiger partial charge in [0, 0.05) is 63.7 Å². The first-order chi connectivity index (χ1) is 14.9. The fourth-order valence-corrected chi connectivity index (χ4v) is 3.57. The number of piperidine rings is 1. The van der Waals surface area contributed by atoms with Crippen molar-refractivity contribution in [1.82, 2.24) is 25.1 Å². The second-order valence-electron chi connectivity index (χ2n) is 7.69. The minimum atomic E-state index is -0.452. The van der Waals surface area contributed by atoms with Crippen LogP contribution in [0.25, 0.3) is 10.9 Å². The van der Waals surface area contributed by atoms with E-state index in [1.165, 1.54) is 18.5 Å². The van der Waals surface area contributed by atoms with Gasteiger partial charge in [0.05, 0.1) is 10.4 Å². The molecular weight excluding hydrogens is 402 g/mol. The molecule has 2 heterocycles. The number of nitro benzene ring substituents is 1. The summed E-state index contributed by atoms with van der Waals surface area (Å²) in [5, 5.41) is 17.7. The Balaban J connectivity index is 1.43.